The Balaban J connectivity index is 0.969. The van der Waals surface area contributed by atoms with E-state index in [0.717, 1.165) is 21.9 Å². The third-order valence-corrected chi connectivity index (χ3v) is 11.5. The maximum atomic E-state index is 13.0. The number of fused-ring (bicyclic) bond motifs is 2. The standard InChI is InChI=1S/C33H39N5O4S2/c1-21(40)37-11-13-38(14-12-37)32(42)27-4-2-3-23(15-27)20-43-29-18-35-33(44-29)36-31(41)24-7-5-22(6-8-24)17-34-30-26-10-9-25(16-26)28(30)19-39/h2-8,15,18,25-26,28,30,34,39H,9-14,16-17,19-20H2,1H3,(H,35,36,41). The molecule has 4 unspecified atom stereocenters. The molecule has 3 N–H and O–H groups in total. The molecular formula is C33H39N5O4S2. The van der Waals surface area contributed by atoms with Crippen molar-refractivity contribution in [2.24, 2.45) is 17.8 Å². The number of anilines is 1. The molecule has 9 nitrogen and oxygen atoms in total. The zero-order valence-electron chi connectivity index (χ0n) is 24.9. The minimum absolute atomic E-state index is 0.0110. The first-order valence-electron chi connectivity index (χ1n) is 15.3. The van der Waals surface area contributed by atoms with Crippen molar-refractivity contribution in [3.63, 3.8) is 0 Å². The number of thioether (sulfide) groups is 1. The van der Waals surface area contributed by atoms with Crippen LogP contribution in [0.1, 0.15) is 58.0 Å². The van der Waals surface area contributed by atoms with Gasteiger partial charge in [0.2, 0.25) is 5.91 Å². The number of hydrogen-bond acceptors (Lipinski definition) is 8. The molecule has 3 amide bonds. The average Bonchev–Trinajstić information content (AvgIpc) is 3.80. The number of aromatic nitrogens is 1. The second-order valence-electron chi connectivity index (χ2n) is 12.0. The molecule has 11 heteroatoms. The highest BCUT2D eigenvalue weighted by Crippen LogP contribution is 2.48. The zero-order valence-corrected chi connectivity index (χ0v) is 26.5. The fourth-order valence-corrected chi connectivity index (χ4v) is 8.72. The van der Waals surface area contributed by atoms with E-state index in [1.165, 1.54) is 30.6 Å². The second kappa shape index (κ2) is 13.8. The van der Waals surface area contributed by atoms with E-state index in [4.69, 9.17) is 0 Å². The van der Waals surface area contributed by atoms with Crippen LogP contribution in [0, 0.1) is 17.8 Å². The van der Waals surface area contributed by atoms with Gasteiger partial charge >= 0.3 is 0 Å². The predicted molar refractivity (Wildman–Crippen MR) is 173 cm³/mol. The van der Waals surface area contributed by atoms with Gasteiger partial charge in [-0.25, -0.2) is 4.98 Å². The number of amides is 3. The summed E-state index contributed by atoms with van der Waals surface area (Å²) in [5.74, 6) is 2.20. The first kappa shape index (κ1) is 30.8. The lowest BCUT2D eigenvalue weighted by molar-refractivity contribution is -0.130. The highest BCUT2D eigenvalue weighted by Gasteiger charge is 2.46. The summed E-state index contributed by atoms with van der Waals surface area (Å²) in [5, 5.41) is 17.0. The molecule has 0 radical (unpaired) electrons. The largest absolute Gasteiger partial charge is 0.396 e. The van der Waals surface area contributed by atoms with Crippen LogP contribution in [0.5, 0.6) is 0 Å². The van der Waals surface area contributed by atoms with Gasteiger partial charge in [0.05, 0.1) is 10.4 Å². The normalized spacial score (nSPS) is 22.8. The molecular weight excluding hydrogens is 595 g/mol. The molecule has 1 saturated heterocycles. The van der Waals surface area contributed by atoms with Gasteiger partial charge in [-0.1, -0.05) is 35.6 Å². The number of rotatable bonds is 10. The Morgan fingerprint density at radius 3 is 2.48 bits per heavy atom. The van der Waals surface area contributed by atoms with Gasteiger partial charge in [-0.15, -0.1) is 11.8 Å². The van der Waals surface area contributed by atoms with Gasteiger partial charge < -0.3 is 20.2 Å². The van der Waals surface area contributed by atoms with Gasteiger partial charge in [-0.05, 0) is 66.5 Å². The molecule has 3 fully saturated rings. The van der Waals surface area contributed by atoms with E-state index in [2.05, 4.69) is 15.6 Å². The summed E-state index contributed by atoms with van der Waals surface area (Å²) >= 11 is 3.04. The molecule has 2 heterocycles. The van der Waals surface area contributed by atoms with Crippen LogP contribution in [0.4, 0.5) is 5.13 Å². The lowest BCUT2D eigenvalue weighted by Crippen LogP contribution is -2.50. The number of carbonyl (C=O) groups is 3. The number of aliphatic hydroxyl groups excluding tert-OH is 1. The van der Waals surface area contributed by atoms with Crippen LogP contribution in [0.3, 0.4) is 0 Å². The molecule has 232 valence electrons. The van der Waals surface area contributed by atoms with Gasteiger partial charge in [-0.2, -0.15) is 0 Å². The van der Waals surface area contributed by atoms with E-state index >= 15 is 0 Å². The van der Waals surface area contributed by atoms with E-state index in [9.17, 15) is 19.5 Å². The van der Waals surface area contributed by atoms with E-state index in [-0.39, 0.29) is 24.3 Å². The van der Waals surface area contributed by atoms with Crippen LogP contribution < -0.4 is 10.6 Å². The predicted octanol–water partition coefficient (Wildman–Crippen LogP) is 4.49. The molecule has 3 aliphatic rings. The molecule has 44 heavy (non-hydrogen) atoms. The van der Waals surface area contributed by atoms with Crippen molar-refractivity contribution < 1.29 is 19.5 Å². The summed E-state index contributed by atoms with van der Waals surface area (Å²) in [6.07, 6.45) is 5.50. The molecule has 2 aromatic carbocycles. The molecule has 3 aromatic rings. The van der Waals surface area contributed by atoms with Crippen molar-refractivity contribution in [1.82, 2.24) is 20.1 Å². The van der Waals surface area contributed by atoms with Crippen LogP contribution in [0.15, 0.2) is 58.9 Å². The number of carbonyl (C=O) groups excluding carboxylic acids is 3. The van der Waals surface area contributed by atoms with Crippen molar-refractivity contribution in [1.29, 1.82) is 0 Å². The zero-order chi connectivity index (χ0) is 30.6. The SMILES string of the molecule is CC(=O)N1CCN(C(=O)c2cccc(CSc3cnc(NC(=O)c4ccc(CNC5C6CCC(C6)C5CO)cc4)s3)c2)CC1. The van der Waals surface area contributed by atoms with Crippen LogP contribution in [-0.2, 0) is 17.1 Å². The summed E-state index contributed by atoms with van der Waals surface area (Å²) < 4.78 is 0.973. The Morgan fingerprint density at radius 2 is 1.73 bits per heavy atom. The number of hydrogen-bond donors (Lipinski definition) is 3. The Labute approximate surface area is 266 Å². The first-order chi connectivity index (χ1) is 21.4. The second-order valence-corrected chi connectivity index (χ2v) is 14.3. The molecule has 2 saturated carbocycles. The van der Waals surface area contributed by atoms with Crippen LogP contribution in [0.2, 0.25) is 0 Å². The Kier molecular flexibility index (Phi) is 9.65. The third kappa shape index (κ3) is 7.01. The smallest absolute Gasteiger partial charge is 0.257 e. The van der Waals surface area contributed by atoms with Crippen molar-refractivity contribution in [2.45, 2.75) is 48.7 Å². The molecule has 1 aromatic heterocycles. The number of thiazole rings is 1. The Bertz CT molecular complexity index is 1490. The van der Waals surface area contributed by atoms with E-state index < -0.39 is 0 Å². The maximum absolute atomic E-state index is 13.0. The maximum Gasteiger partial charge on any atom is 0.257 e. The van der Waals surface area contributed by atoms with Crippen molar-refractivity contribution in [3.05, 3.63) is 77.0 Å². The Hall–Kier alpha value is -3.25. The minimum atomic E-state index is -0.195. The van der Waals surface area contributed by atoms with Gasteiger partial charge in [0, 0.05) is 75.1 Å². The van der Waals surface area contributed by atoms with E-state index in [0.29, 0.717) is 72.0 Å². The van der Waals surface area contributed by atoms with Gasteiger partial charge in [0.25, 0.3) is 11.8 Å². The van der Waals surface area contributed by atoms with Gasteiger partial charge in [0.1, 0.15) is 0 Å². The Morgan fingerprint density at radius 1 is 0.977 bits per heavy atom. The molecule has 1 aliphatic heterocycles. The number of piperazine rings is 1. The van der Waals surface area contributed by atoms with Gasteiger partial charge in [-0.3, -0.25) is 19.7 Å². The number of nitrogens with one attached hydrogen (secondary N) is 2. The summed E-state index contributed by atoms with van der Waals surface area (Å²) in [7, 11) is 0. The van der Waals surface area contributed by atoms with E-state index in [1.54, 1.807) is 34.7 Å². The summed E-state index contributed by atoms with van der Waals surface area (Å²) in [6, 6.07) is 15.7. The summed E-state index contributed by atoms with van der Waals surface area (Å²) in [6.45, 7) is 4.77. The van der Waals surface area contributed by atoms with Crippen molar-refractivity contribution in [2.75, 3.05) is 38.1 Å². The minimum Gasteiger partial charge on any atom is -0.396 e. The van der Waals surface area contributed by atoms with Crippen molar-refractivity contribution in [3.8, 4) is 0 Å². The number of benzene rings is 2. The third-order valence-electron chi connectivity index (χ3n) is 9.33. The monoisotopic (exact) mass is 633 g/mol. The van der Waals surface area contributed by atoms with Gasteiger partial charge in [0.15, 0.2) is 5.13 Å². The quantitative estimate of drug-likeness (QED) is 0.282. The molecule has 2 bridgehead atoms. The number of nitrogens with zero attached hydrogens (tertiary/aromatic N) is 3. The van der Waals surface area contributed by atoms with E-state index in [1.807, 2.05) is 48.5 Å². The highest BCUT2D eigenvalue weighted by atomic mass is 32.2. The highest BCUT2D eigenvalue weighted by molar-refractivity contribution is 8.00. The molecule has 0 spiro atoms. The summed E-state index contributed by atoms with van der Waals surface area (Å²) in [4.78, 5) is 45.5. The topological polar surface area (TPSA) is 115 Å². The molecule has 4 atom stereocenters. The molecule has 6 rings (SSSR count). The molecule has 2 aliphatic carbocycles. The van der Waals surface area contributed by atoms with Crippen LogP contribution >= 0.6 is 23.1 Å². The van der Waals surface area contributed by atoms with Crippen LogP contribution in [0.25, 0.3) is 0 Å². The van der Waals surface area contributed by atoms with Crippen molar-refractivity contribution >= 4 is 46.0 Å². The average molecular weight is 634 g/mol. The first-order valence-corrected chi connectivity index (χ1v) is 17.1. The number of aliphatic hydroxyl groups is 1. The summed E-state index contributed by atoms with van der Waals surface area (Å²) in [5.41, 5.74) is 3.38. The fraction of sp³-hybridized carbons (Fsp3) is 0.455. The van der Waals surface area contributed by atoms with Crippen LogP contribution in [-0.4, -0.2) is 76.4 Å². The fourth-order valence-electron chi connectivity index (χ4n) is 6.91. The lowest BCUT2D eigenvalue weighted by Gasteiger charge is -2.34. The lowest BCUT2D eigenvalue weighted by atomic mass is 9.85.